The van der Waals surface area contributed by atoms with Crippen LogP contribution in [0.5, 0.6) is 5.75 Å². The lowest BCUT2D eigenvalue weighted by Gasteiger charge is -2.37. The molecule has 0 spiro atoms. The average Bonchev–Trinajstić information content (AvgIpc) is 2.56. The number of hydrogen-bond acceptors (Lipinski definition) is 4. The highest BCUT2D eigenvalue weighted by Gasteiger charge is 2.37. The first-order chi connectivity index (χ1) is 12.2. The minimum absolute atomic E-state index is 0.0664. The second kappa shape index (κ2) is 6.72. The van der Waals surface area contributed by atoms with E-state index < -0.39 is 27.3 Å². The molecule has 138 valence electrons. The van der Waals surface area contributed by atoms with E-state index in [1.807, 2.05) is 6.92 Å². The Kier molecular flexibility index (Phi) is 4.75. The molecule has 0 radical (unpaired) electrons. The van der Waals surface area contributed by atoms with Gasteiger partial charge < -0.3 is 10.4 Å². The Hall–Kier alpha value is -2.41. The van der Waals surface area contributed by atoms with Crippen molar-refractivity contribution in [1.29, 1.82) is 0 Å². The first-order valence-electron chi connectivity index (χ1n) is 8.31. The third-order valence-corrected chi connectivity index (χ3v) is 6.81. The highest BCUT2D eigenvalue weighted by atomic mass is 32.2. The van der Waals surface area contributed by atoms with Crippen molar-refractivity contribution in [2.24, 2.45) is 5.41 Å². The van der Waals surface area contributed by atoms with Crippen molar-refractivity contribution in [3.8, 4) is 5.75 Å². The number of sulfone groups is 1. The van der Waals surface area contributed by atoms with Crippen LogP contribution < -0.4 is 5.32 Å². The van der Waals surface area contributed by atoms with Gasteiger partial charge >= 0.3 is 0 Å². The second-order valence-electron chi connectivity index (χ2n) is 7.07. The van der Waals surface area contributed by atoms with E-state index in [1.54, 1.807) is 0 Å². The Bertz CT molecular complexity index is 952. The van der Waals surface area contributed by atoms with E-state index in [2.05, 4.69) is 5.32 Å². The monoisotopic (exact) mass is 377 g/mol. The summed E-state index contributed by atoms with van der Waals surface area (Å²) in [4.78, 5) is 12.5. The molecule has 1 fully saturated rings. The van der Waals surface area contributed by atoms with Crippen LogP contribution >= 0.6 is 0 Å². The van der Waals surface area contributed by atoms with Crippen molar-refractivity contribution >= 4 is 21.4 Å². The number of amides is 1. The van der Waals surface area contributed by atoms with Gasteiger partial charge in [0.15, 0.2) is 21.4 Å². The first-order valence-corrected chi connectivity index (χ1v) is 9.97. The predicted molar refractivity (Wildman–Crippen MR) is 96.5 cm³/mol. The number of carbonyl (C=O) groups is 1. The van der Waals surface area contributed by atoms with Gasteiger partial charge in [0.05, 0.1) is 10.6 Å². The van der Waals surface area contributed by atoms with Crippen LogP contribution in [0.3, 0.4) is 0 Å². The van der Waals surface area contributed by atoms with Crippen LogP contribution in [0.15, 0.2) is 47.4 Å². The molecule has 2 aromatic rings. The standard InChI is InChI=1S/C19H20FNO4S/c1-19(8-3-9-19)12-26(24,25)15-5-2-4-13(10-15)18(23)21-14-6-7-16(20)17(22)11-14/h2,4-7,10-11,22H,3,8-9,12H2,1H3,(H,21,23). The van der Waals surface area contributed by atoms with E-state index >= 15 is 0 Å². The lowest BCUT2D eigenvalue weighted by atomic mass is 9.72. The van der Waals surface area contributed by atoms with E-state index in [4.69, 9.17) is 0 Å². The fraction of sp³-hybridized carbons (Fsp3) is 0.316. The Balaban J connectivity index is 1.79. The number of rotatable bonds is 5. The molecule has 26 heavy (non-hydrogen) atoms. The van der Waals surface area contributed by atoms with E-state index in [9.17, 15) is 22.7 Å². The maximum atomic E-state index is 13.1. The predicted octanol–water partition coefficient (Wildman–Crippen LogP) is 3.75. The van der Waals surface area contributed by atoms with Crippen LogP contribution in [0.1, 0.15) is 36.5 Å². The minimum Gasteiger partial charge on any atom is -0.505 e. The highest BCUT2D eigenvalue weighted by molar-refractivity contribution is 7.91. The number of phenols is 1. The smallest absolute Gasteiger partial charge is 0.255 e. The number of nitrogens with one attached hydrogen (secondary N) is 1. The molecule has 0 aliphatic heterocycles. The number of aromatic hydroxyl groups is 1. The largest absolute Gasteiger partial charge is 0.505 e. The SMILES string of the molecule is CC1(CS(=O)(=O)c2cccc(C(=O)Nc3ccc(F)c(O)c3)c2)CCC1. The number of benzene rings is 2. The van der Waals surface area contributed by atoms with E-state index in [-0.39, 0.29) is 27.3 Å². The molecule has 0 aromatic heterocycles. The molecule has 0 saturated heterocycles. The third-order valence-electron chi connectivity index (χ3n) is 4.76. The molecule has 0 bridgehead atoms. The normalized spacial score (nSPS) is 15.9. The summed E-state index contributed by atoms with van der Waals surface area (Å²) in [5.41, 5.74) is 0.195. The molecule has 5 nitrogen and oxygen atoms in total. The van der Waals surface area contributed by atoms with Crippen LogP contribution in [-0.2, 0) is 9.84 Å². The van der Waals surface area contributed by atoms with Crippen LogP contribution in [0.25, 0.3) is 0 Å². The molecule has 3 rings (SSSR count). The number of halogens is 1. The van der Waals surface area contributed by atoms with Gasteiger partial charge in [-0.3, -0.25) is 4.79 Å². The summed E-state index contributed by atoms with van der Waals surface area (Å²) in [6.45, 7) is 1.96. The van der Waals surface area contributed by atoms with Crippen LogP contribution in [-0.4, -0.2) is 25.2 Å². The van der Waals surface area contributed by atoms with Crippen molar-refractivity contribution in [2.45, 2.75) is 31.1 Å². The molecule has 1 aliphatic carbocycles. The van der Waals surface area contributed by atoms with E-state index in [0.717, 1.165) is 31.4 Å². The molecule has 0 heterocycles. The molecular formula is C19H20FNO4S. The molecule has 2 aromatic carbocycles. The summed E-state index contributed by atoms with van der Waals surface area (Å²) in [6, 6.07) is 9.28. The van der Waals surface area contributed by atoms with Crippen LogP contribution in [0.4, 0.5) is 10.1 Å². The summed E-state index contributed by atoms with van der Waals surface area (Å²) in [6.07, 6.45) is 2.82. The molecule has 0 atom stereocenters. The van der Waals surface area contributed by atoms with Gasteiger partial charge in [0.1, 0.15) is 0 Å². The van der Waals surface area contributed by atoms with Crippen LogP contribution in [0, 0.1) is 11.2 Å². The zero-order valence-electron chi connectivity index (χ0n) is 14.3. The number of anilines is 1. The van der Waals surface area contributed by atoms with Gasteiger partial charge in [-0.15, -0.1) is 0 Å². The topological polar surface area (TPSA) is 83.5 Å². The number of hydrogen-bond donors (Lipinski definition) is 2. The Morgan fingerprint density at radius 3 is 2.58 bits per heavy atom. The summed E-state index contributed by atoms with van der Waals surface area (Å²) in [5.74, 6) is -1.84. The maximum Gasteiger partial charge on any atom is 0.255 e. The molecule has 1 aliphatic rings. The first kappa shape index (κ1) is 18.4. The van der Waals surface area contributed by atoms with Crippen molar-refractivity contribution in [1.82, 2.24) is 0 Å². The fourth-order valence-electron chi connectivity index (χ4n) is 3.09. The Morgan fingerprint density at radius 1 is 1.23 bits per heavy atom. The maximum absolute atomic E-state index is 13.1. The molecular weight excluding hydrogens is 357 g/mol. The minimum atomic E-state index is -3.49. The summed E-state index contributed by atoms with van der Waals surface area (Å²) < 4.78 is 38.4. The van der Waals surface area contributed by atoms with Crippen molar-refractivity contribution in [3.63, 3.8) is 0 Å². The van der Waals surface area contributed by atoms with E-state index in [1.165, 1.54) is 30.3 Å². The average molecular weight is 377 g/mol. The molecule has 7 heteroatoms. The number of phenolic OH excluding ortho intramolecular Hbond substituents is 1. The van der Waals surface area contributed by atoms with Gasteiger partial charge in [-0.25, -0.2) is 12.8 Å². The second-order valence-corrected chi connectivity index (χ2v) is 9.06. The summed E-state index contributed by atoms with van der Waals surface area (Å²) in [7, 11) is -3.49. The zero-order valence-corrected chi connectivity index (χ0v) is 15.1. The van der Waals surface area contributed by atoms with Crippen molar-refractivity contribution in [2.75, 3.05) is 11.1 Å². The Labute approximate surface area is 151 Å². The fourth-order valence-corrected chi connectivity index (χ4v) is 5.06. The third kappa shape index (κ3) is 3.88. The van der Waals surface area contributed by atoms with Crippen molar-refractivity contribution in [3.05, 3.63) is 53.8 Å². The lowest BCUT2D eigenvalue weighted by molar-refractivity contribution is 0.102. The van der Waals surface area contributed by atoms with Gasteiger partial charge in [0.2, 0.25) is 0 Å². The van der Waals surface area contributed by atoms with Gasteiger partial charge in [-0.2, -0.15) is 0 Å². The van der Waals surface area contributed by atoms with Gasteiger partial charge in [0, 0.05) is 17.3 Å². The van der Waals surface area contributed by atoms with E-state index in [0.29, 0.717) is 0 Å². The molecule has 1 saturated carbocycles. The molecule has 2 N–H and O–H groups in total. The van der Waals surface area contributed by atoms with Crippen molar-refractivity contribution < 1.29 is 22.7 Å². The summed E-state index contributed by atoms with van der Waals surface area (Å²) in [5, 5.41) is 11.9. The number of carbonyl (C=O) groups excluding carboxylic acids is 1. The Morgan fingerprint density at radius 2 is 1.96 bits per heavy atom. The van der Waals surface area contributed by atoms with Crippen LogP contribution in [0.2, 0.25) is 0 Å². The summed E-state index contributed by atoms with van der Waals surface area (Å²) >= 11 is 0. The van der Waals surface area contributed by atoms with Gasteiger partial charge in [-0.05, 0) is 48.6 Å². The van der Waals surface area contributed by atoms with Gasteiger partial charge in [0.25, 0.3) is 5.91 Å². The zero-order chi connectivity index (χ0) is 18.9. The highest BCUT2D eigenvalue weighted by Crippen LogP contribution is 2.42. The van der Waals surface area contributed by atoms with Gasteiger partial charge in [-0.1, -0.05) is 19.4 Å². The quantitative estimate of drug-likeness (QED) is 0.831. The molecule has 0 unspecified atom stereocenters. The molecule has 1 amide bonds. The lowest BCUT2D eigenvalue weighted by Crippen LogP contribution is -2.33.